The van der Waals surface area contributed by atoms with Gasteiger partial charge in [0.25, 0.3) is 5.91 Å². The van der Waals surface area contributed by atoms with Gasteiger partial charge < -0.3 is 14.8 Å². The van der Waals surface area contributed by atoms with Crippen LogP contribution >= 0.6 is 0 Å². The number of carbonyl (C=O) groups is 2. The highest BCUT2D eigenvalue weighted by molar-refractivity contribution is 5.93. The van der Waals surface area contributed by atoms with Crippen molar-refractivity contribution in [1.82, 2.24) is 5.32 Å². The average molecular weight is 365 g/mol. The third kappa shape index (κ3) is 4.19. The summed E-state index contributed by atoms with van der Waals surface area (Å²) < 4.78 is 5.30. The van der Waals surface area contributed by atoms with Gasteiger partial charge in [0.05, 0.1) is 12.2 Å². The van der Waals surface area contributed by atoms with Gasteiger partial charge in [0.15, 0.2) is 5.76 Å². The van der Waals surface area contributed by atoms with E-state index in [1.165, 1.54) is 6.26 Å². The Kier molecular flexibility index (Phi) is 5.60. The molecule has 1 amide bonds. The molecule has 5 nitrogen and oxygen atoms in total. The molecule has 2 aromatic carbocycles. The summed E-state index contributed by atoms with van der Waals surface area (Å²) in [4.78, 5) is 24.2. The van der Waals surface area contributed by atoms with Crippen molar-refractivity contribution in [2.24, 2.45) is 5.92 Å². The van der Waals surface area contributed by atoms with Crippen LogP contribution in [0.4, 0.5) is 0 Å². The Balaban J connectivity index is 1.74. The first-order valence-electron chi connectivity index (χ1n) is 9.02. The van der Waals surface area contributed by atoms with Crippen molar-refractivity contribution in [3.63, 3.8) is 0 Å². The summed E-state index contributed by atoms with van der Waals surface area (Å²) in [5.74, 6) is -1.65. The number of fused-ring (bicyclic) bond motifs is 1. The minimum atomic E-state index is -0.938. The Morgan fingerprint density at radius 1 is 1.07 bits per heavy atom. The molecule has 1 atom stereocenters. The first-order valence-corrected chi connectivity index (χ1v) is 9.02. The van der Waals surface area contributed by atoms with Gasteiger partial charge in [-0.15, -0.1) is 0 Å². The summed E-state index contributed by atoms with van der Waals surface area (Å²) in [6.45, 7) is 3.99. The van der Waals surface area contributed by atoms with E-state index in [0.29, 0.717) is 6.42 Å². The molecule has 0 spiro atoms. The molecule has 27 heavy (non-hydrogen) atoms. The van der Waals surface area contributed by atoms with Gasteiger partial charge in [0.1, 0.15) is 0 Å². The summed E-state index contributed by atoms with van der Waals surface area (Å²) in [6.07, 6.45) is 1.82. The van der Waals surface area contributed by atoms with E-state index in [4.69, 9.17) is 4.42 Å². The van der Waals surface area contributed by atoms with Crippen LogP contribution in [0, 0.1) is 5.92 Å². The molecule has 0 bridgehead atoms. The Morgan fingerprint density at radius 3 is 2.56 bits per heavy atom. The predicted molar refractivity (Wildman–Crippen MR) is 104 cm³/mol. The van der Waals surface area contributed by atoms with E-state index in [9.17, 15) is 14.7 Å². The third-order valence-electron chi connectivity index (χ3n) is 4.73. The molecule has 1 heterocycles. The van der Waals surface area contributed by atoms with E-state index in [0.717, 1.165) is 21.9 Å². The fourth-order valence-corrected chi connectivity index (χ4v) is 3.24. The van der Waals surface area contributed by atoms with Crippen LogP contribution in [-0.4, -0.2) is 23.5 Å². The van der Waals surface area contributed by atoms with Crippen LogP contribution in [0.3, 0.4) is 0 Å². The van der Waals surface area contributed by atoms with Crippen LogP contribution < -0.4 is 5.32 Å². The highest BCUT2D eigenvalue weighted by Gasteiger charge is 2.23. The van der Waals surface area contributed by atoms with Gasteiger partial charge in [0, 0.05) is 12.1 Å². The number of amides is 1. The summed E-state index contributed by atoms with van der Waals surface area (Å²) in [6, 6.07) is 15.5. The Morgan fingerprint density at radius 2 is 1.81 bits per heavy atom. The van der Waals surface area contributed by atoms with Gasteiger partial charge in [-0.25, -0.2) is 0 Å². The number of carboxylic acids is 1. The molecule has 140 valence electrons. The minimum absolute atomic E-state index is 0.0373. The molecule has 1 unspecified atom stereocenters. The number of nitrogens with one attached hydrogen (secondary N) is 1. The molecule has 0 saturated heterocycles. The lowest BCUT2D eigenvalue weighted by Crippen LogP contribution is -2.34. The van der Waals surface area contributed by atoms with E-state index in [2.05, 4.69) is 5.32 Å². The van der Waals surface area contributed by atoms with Crippen molar-refractivity contribution in [1.29, 1.82) is 0 Å². The van der Waals surface area contributed by atoms with Gasteiger partial charge in [-0.05, 0) is 34.7 Å². The second-order valence-electron chi connectivity index (χ2n) is 6.95. The molecule has 0 saturated carbocycles. The Bertz CT molecular complexity index is 952. The van der Waals surface area contributed by atoms with Crippen LogP contribution in [0.15, 0.2) is 59.2 Å². The lowest BCUT2D eigenvalue weighted by molar-refractivity contribution is -0.141. The molecule has 0 radical (unpaired) electrons. The smallest absolute Gasteiger partial charge is 0.308 e. The molecule has 3 rings (SSSR count). The van der Waals surface area contributed by atoms with Crippen molar-refractivity contribution in [3.8, 4) is 0 Å². The van der Waals surface area contributed by atoms with Crippen LogP contribution in [0.1, 0.15) is 41.4 Å². The van der Waals surface area contributed by atoms with Crippen molar-refractivity contribution in [3.05, 3.63) is 71.7 Å². The van der Waals surface area contributed by atoms with Crippen molar-refractivity contribution in [2.75, 3.05) is 6.54 Å². The van der Waals surface area contributed by atoms with E-state index >= 15 is 0 Å². The largest absolute Gasteiger partial charge is 0.481 e. The first-order chi connectivity index (χ1) is 13.0. The Labute approximate surface area is 158 Å². The maximum absolute atomic E-state index is 12.4. The van der Waals surface area contributed by atoms with E-state index in [1.807, 2.05) is 56.3 Å². The van der Waals surface area contributed by atoms with Crippen LogP contribution in [0.25, 0.3) is 10.8 Å². The zero-order chi connectivity index (χ0) is 19.4. The normalized spacial score (nSPS) is 12.3. The molecule has 0 aliphatic carbocycles. The maximum atomic E-state index is 12.4. The van der Waals surface area contributed by atoms with E-state index < -0.39 is 11.9 Å². The fraction of sp³-hybridized carbons (Fsp3) is 0.273. The highest BCUT2D eigenvalue weighted by atomic mass is 16.4. The molecule has 0 fully saturated rings. The minimum Gasteiger partial charge on any atom is -0.481 e. The highest BCUT2D eigenvalue weighted by Crippen LogP contribution is 2.22. The summed E-state index contributed by atoms with van der Waals surface area (Å²) in [5, 5.41) is 14.4. The summed E-state index contributed by atoms with van der Waals surface area (Å²) in [7, 11) is 0. The van der Waals surface area contributed by atoms with Gasteiger partial charge in [0.2, 0.25) is 0 Å². The second kappa shape index (κ2) is 8.08. The number of furan rings is 1. The molecular formula is C22H23NO4. The van der Waals surface area contributed by atoms with Gasteiger partial charge in [-0.2, -0.15) is 0 Å². The van der Waals surface area contributed by atoms with E-state index in [-0.39, 0.29) is 24.1 Å². The number of aliphatic carboxylic acids is 1. The molecular weight excluding hydrogens is 342 g/mol. The topological polar surface area (TPSA) is 79.5 Å². The number of rotatable bonds is 7. The lowest BCUT2D eigenvalue weighted by atomic mass is 9.94. The molecule has 0 aliphatic rings. The van der Waals surface area contributed by atoms with Crippen LogP contribution in [-0.2, 0) is 11.2 Å². The van der Waals surface area contributed by atoms with Gasteiger partial charge >= 0.3 is 5.97 Å². The van der Waals surface area contributed by atoms with Crippen molar-refractivity contribution < 1.29 is 19.1 Å². The number of hydrogen-bond donors (Lipinski definition) is 2. The van der Waals surface area contributed by atoms with Crippen molar-refractivity contribution in [2.45, 2.75) is 26.2 Å². The van der Waals surface area contributed by atoms with Gasteiger partial charge in [-0.1, -0.05) is 56.3 Å². The zero-order valence-corrected chi connectivity index (χ0v) is 15.4. The molecule has 2 N–H and O–H groups in total. The predicted octanol–water partition coefficient (Wildman–Crippen LogP) is 4.23. The van der Waals surface area contributed by atoms with Crippen LogP contribution in [0.2, 0.25) is 0 Å². The molecule has 1 aromatic heterocycles. The number of carbonyl (C=O) groups excluding carboxylic acids is 1. The van der Waals surface area contributed by atoms with Crippen LogP contribution in [0.5, 0.6) is 0 Å². The summed E-state index contributed by atoms with van der Waals surface area (Å²) in [5.41, 5.74) is 1.77. The Hall–Kier alpha value is -3.08. The summed E-state index contributed by atoms with van der Waals surface area (Å²) >= 11 is 0. The molecule has 5 heteroatoms. The number of benzene rings is 2. The third-order valence-corrected chi connectivity index (χ3v) is 4.73. The zero-order valence-electron chi connectivity index (χ0n) is 15.4. The number of hydrogen-bond acceptors (Lipinski definition) is 3. The number of carboxylic acid groups (broad SMARTS) is 1. The van der Waals surface area contributed by atoms with Gasteiger partial charge in [-0.3, -0.25) is 9.59 Å². The quantitative estimate of drug-likeness (QED) is 0.657. The van der Waals surface area contributed by atoms with Crippen molar-refractivity contribution >= 4 is 22.6 Å². The SMILES string of the molecule is CC(C)c1ccoc1C(=O)NCC(Cc1cccc2ccccc12)C(=O)O. The molecule has 3 aromatic rings. The monoisotopic (exact) mass is 365 g/mol. The van der Waals surface area contributed by atoms with E-state index in [1.54, 1.807) is 6.07 Å². The second-order valence-corrected chi connectivity index (χ2v) is 6.95. The fourth-order valence-electron chi connectivity index (χ4n) is 3.24. The molecule has 0 aliphatic heterocycles. The lowest BCUT2D eigenvalue weighted by Gasteiger charge is -2.15. The first kappa shape index (κ1) is 18.7. The average Bonchev–Trinajstić information content (AvgIpc) is 3.15. The standard InChI is InChI=1S/C22H23NO4/c1-14(2)18-10-11-27-20(18)21(24)23-13-17(22(25)26)12-16-8-5-7-15-6-3-4-9-19(15)16/h3-11,14,17H,12-13H2,1-2H3,(H,23,24)(H,25,26). The maximum Gasteiger partial charge on any atom is 0.308 e.